The van der Waals surface area contributed by atoms with Gasteiger partial charge in [0.2, 0.25) is 0 Å². The summed E-state index contributed by atoms with van der Waals surface area (Å²) in [7, 11) is 0. The zero-order chi connectivity index (χ0) is 13.7. The van der Waals surface area contributed by atoms with Gasteiger partial charge in [0.25, 0.3) is 0 Å². The van der Waals surface area contributed by atoms with E-state index >= 15 is 0 Å². The van der Waals surface area contributed by atoms with Crippen molar-refractivity contribution in [3.8, 4) is 0 Å². The maximum atomic E-state index is 12.2. The summed E-state index contributed by atoms with van der Waals surface area (Å²) in [6, 6.07) is 0. The average molecular weight is 242 g/mol. The summed E-state index contributed by atoms with van der Waals surface area (Å²) in [5.74, 6) is -0.0390. The van der Waals surface area contributed by atoms with Crippen molar-refractivity contribution < 1.29 is 14.3 Å². The van der Waals surface area contributed by atoms with Crippen molar-refractivity contribution in [1.82, 2.24) is 0 Å². The number of ether oxygens (including phenoxy) is 1. The van der Waals surface area contributed by atoms with Crippen molar-refractivity contribution in [2.24, 2.45) is 16.7 Å². The molecule has 0 bridgehead atoms. The number of esters is 1. The third-order valence-electron chi connectivity index (χ3n) is 3.27. The van der Waals surface area contributed by atoms with Gasteiger partial charge in [-0.05, 0) is 24.2 Å². The fraction of sp³-hybridized carbons (Fsp3) is 0.857. The van der Waals surface area contributed by atoms with Gasteiger partial charge in [-0.2, -0.15) is 0 Å². The number of rotatable bonds is 6. The van der Waals surface area contributed by atoms with Crippen molar-refractivity contribution in [2.45, 2.75) is 54.4 Å². The Balaban J connectivity index is 5.07. The summed E-state index contributed by atoms with van der Waals surface area (Å²) in [6.07, 6.45) is 2.13. The van der Waals surface area contributed by atoms with Crippen LogP contribution in [-0.4, -0.2) is 18.9 Å². The molecule has 0 saturated heterocycles. The molecule has 0 aromatic heterocycles. The van der Waals surface area contributed by atoms with Crippen LogP contribution in [-0.2, 0) is 14.3 Å². The van der Waals surface area contributed by atoms with Crippen LogP contribution >= 0.6 is 0 Å². The van der Waals surface area contributed by atoms with Crippen LogP contribution in [0.3, 0.4) is 0 Å². The van der Waals surface area contributed by atoms with Crippen molar-refractivity contribution in [3.05, 3.63) is 0 Å². The van der Waals surface area contributed by atoms with Crippen LogP contribution in [0.1, 0.15) is 54.4 Å². The van der Waals surface area contributed by atoms with E-state index in [0.29, 0.717) is 6.29 Å². The Bertz CT molecular complexity index is 263. The van der Waals surface area contributed by atoms with E-state index in [4.69, 9.17) is 4.74 Å². The summed E-state index contributed by atoms with van der Waals surface area (Å²) < 4.78 is 5.05. The minimum Gasteiger partial charge on any atom is -0.458 e. The molecule has 0 aliphatic heterocycles. The molecule has 0 N–H and O–H groups in total. The molecule has 0 aliphatic carbocycles. The highest BCUT2D eigenvalue weighted by Gasteiger charge is 2.43. The predicted octanol–water partition coefficient (Wildman–Crippen LogP) is 3.22. The van der Waals surface area contributed by atoms with Gasteiger partial charge >= 0.3 is 5.97 Å². The number of aldehydes is 1. The lowest BCUT2D eigenvalue weighted by Gasteiger charge is -2.39. The number of hydrogen-bond acceptors (Lipinski definition) is 3. The first kappa shape index (κ1) is 16.1. The van der Waals surface area contributed by atoms with Crippen LogP contribution in [0.2, 0.25) is 0 Å². The average Bonchev–Trinajstić information content (AvgIpc) is 2.20. The molecule has 0 spiro atoms. The van der Waals surface area contributed by atoms with Crippen molar-refractivity contribution in [2.75, 3.05) is 6.61 Å². The molecule has 0 aliphatic rings. The minimum absolute atomic E-state index is 0.0560. The minimum atomic E-state index is -0.485. The van der Waals surface area contributed by atoms with E-state index < -0.39 is 5.41 Å². The molecule has 3 nitrogen and oxygen atoms in total. The van der Waals surface area contributed by atoms with Crippen LogP contribution in [0.25, 0.3) is 0 Å². The van der Waals surface area contributed by atoms with E-state index in [-0.39, 0.29) is 23.9 Å². The molecule has 17 heavy (non-hydrogen) atoms. The Labute approximate surface area is 105 Å². The zero-order valence-corrected chi connectivity index (χ0v) is 12.0. The second kappa shape index (κ2) is 6.18. The molecule has 0 aromatic carbocycles. The van der Waals surface area contributed by atoms with Crippen LogP contribution in [0.4, 0.5) is 0 Å². The predicted molar refractivity (Wildman–Crippen MR) is 68.7 cm³/mol. The summed E-state index contributed by atoms with van der Waals surface area (Å²) >= 11 is 0. The van der Waals surface area contributed by atoms with Crippen LogP contribution in [0, 0.1) is 16.7 Å². The molecule has 0 amide bonds. The van der Waals surface area contributed by atoms with Gasteiger partial charge in [-0.3, -0.25) is 9.59 Å². The molecule has 0 rings (SSSR count). The van der Waals surface area contributed by atoms with Gasteiger partial charge in [0.15, 0.2) is 6.29 Å². The second-order valence-electron chi connectivity index (χ2n) is 6.17. The van der Waals surface area contributed by atoms with E-state index in [2.05, 4.69) is 20.8 Å². The van der Waals surface area contributed by atoms with Gasteiger partial charge in [-0.1, -0.05) is 41.5 Å². The number of carbonyl (C=O) groups is 2. The monoisotopic (exact) mass is 242 g/mol. The highest BCUT2D eigenvalue weighted by Crippen LogP contribution is 2.43. The Morgan fingerprint density at radius 2 is 1.82 bits per heavy atom. The van der Waals surface area contributed by atoms with Crippen molar-refractivity contribution in [1.29, 1.82) is 0 Å². The van der Waals surface area contributed by atoms with E-state index in [1.165, 1.54) is 0 Å². The van der Waals surface area contributed by atoms with Crippen molar-refractivity contribution >= 4 is 12.3 Å². The first-order valence-electron chi connectivity index (χ1n) is 6.30. The molecule has 0 radical (unpaired) electrons. The molecule has 0 fully saturated rings. The molecule has 3 heteroatoms. The number of carbonyl (C=O) groups excluding carboxylic acids is 2. The lowest BCUT2D eigenvalue weighted by Crippen LogP contribution is -2.40. The standard InChI is InChI=1S/C14H26O3/c1-7-14(11(2)3,10-13(4,5)6)12(16)17-9-8-15/h8,11H,7,9-10H2,1-6H3. The largest absolute Gasteiger partial charge is 0.458 e. The fourth-order valence-corrected chi connectivity index (χ4v) is 2.39. The fourth-order valence-electron chi connectivity index (χ4n) is 2.39. The Kier molecular flexibility index (Phi) is 5.86. The molecule has 0 saturated carbocycles. The first-order chi connectivity index (χ1) is 7.69. The first-order valence-corrected chi connectivity index (χ1v) is 6.30. The van der Waals surface area contributed by atoms with Crippen LogP contribution in [0.15, 0.2) is 0 Å². The van der Waals surface area contributed by atoms with E-state index in [1.807, 2.05) is 20.8 Å². The maximum Gasteiger partial charge on any atom is 0.312 e. The van der Waals surface area contributed by atoms with Gasteiger partial charge < -0.3 is 4.74 Å². The van der Waals surface area contributed by atoms with Gasteiger partial charge in [-0.15, -0.1) is 0 Å². The smallest absolute Gasteiger partial charge is 0.312 e. The zero-order valence-electron chi connectivity index (χ0n) is 12.0. The van der Waals surface area contributed by atoms with Gasteiger partial charge in [-0.25, -0.2) is 0 Å². The quantitative estimate of drug-likeness (QED) is 0.530. The third kappa shape index (κ3) is 4.49. The van der Waals surface area contributed by atoms with Gasteiger partial charge in [0.1, 0.15) is 6.61 Å². The van der Waals surface area contributed by atoms with Gasteiger partial charge in [0, 0.05) is 0 Å². The molecule has 1 atom stereocenters. The highest BCUT2D eigenvalue weighted by atomic mass is 16.5. The second-order valence-corrected chi connectivity index (χ2v) is 6.17. The van der Waals surface area contributed by atoms with E-state index in [0.717, 1.165) is 12.8 Å². The SMILES string of the molecule is CCC(CC(C)(C)C)(C(=O)OCC=O)C(C)C. The Hall–Kier alpha value is -0.860. The summed E-state index contributed by atoms with van der Waals surface area (Å²) in [6.45, 7) is 12.3. The normalized spacial score (nSPS) is 15.5. The van der Waals surface area contributed by atoms with E-state index in [1.54, 1.807) is 0 Å². The Morgan fingerprint density at radius 1 is 1.29 bits per heavy atom. The lowest BCUT2D eigenvalue weighted by molar-refractivity contribution is -0.162. The molecule has 1 unspecified atom stereocenters. The Morgan fingerprint density at radius 3 is 2.12 bits per heavy atom. The molecule has 0 heterocycles. The van der Waals surface area contributed by atoms with E-state index in [9.17, 15) is 9.59 Å². The third-order valence-corrected chi connectivity index (χ3v) is 3.27. The van der Waals surface area contributed by atoms with Crippen molar-refractivity contribution in [3.63, 3.8) is 0 Å². The summed E-state index contributed by atoms with van der Waals surface area (Å²) in [5.41, 5.74) is -0.429. The topological polar surface area (TPSA) is 43.4 Å². The molecular weight excluding hydrogens is 216 g/mol. The maximum absolute atomic E-state index is 12.2. The molecule has 100 valence electrons. The van der Waals surface area contributed by atoms with Crippen LogP contribution in [0.5, 0.6) is 0 Å². The lowest BCUT2D eigenvalue weighted by atomic mass is 9.66. The molecule has 0 aromatic rings. The highest BCUT2D eigenvalue weighted by molar-refractivity contribution is 5.78. The number of hydrogen-bond donors (Lipinski definition) is 0. The van der Waals surface area contributed by atoms with Gasteiger partial charge in [0.05, 0.1) is 5.41 Å². The molecular formula is C14H26O3. The summed E-state index contributed by atoms with van der Waals surface area (Å²) in [5, 5.41) is 0. The summed E-state index contributed by atoms with van der Waals surface area (Å²) in [4.78, 5) is 22.5. The van der Waals surface area contributed by atoms with Crippen LogP contribution < -0.4 is 0 Å².